The minimum atomic E-state index is -0.366. The maximum absolute atomic E-state index is 12.6. The number of hydrogen-bond acceptors (Lipinski definition) is 5. The second-order valence-corrected chi connectivity index (χ2v) is 6.54. The number of aromatic nitrogens is 1. The Balaban J connectivity index is 2.65. The summed E-state index contributed by atoms with van der Waals surface area (Å²) in [5.41, 5.74) is 1.09. The van der Waals surface area contributed by atoms with E-state index in [9.17, 15) is 9.59 Å². The van der Waals surface area contributed by atoms with E-state index in [1.807, 2.05) is 13.0 Å². The molecule has 0 unspecified atom stereocenters. The van der Waals surface area contributed by atoms with Crippen LogP contribution in [0.5, 0.6) is 0 Å². The number of thiazole rings is 1. The van der Waals surface area contributed by atoms with Gasteiger partial charge in [-0.1, -0.05) is 44.1 Å². The number of nitrogens with zero attached hydrogens (tertiary/aromatic N) is 2. The molecule has 0 aromatic carbocycles. The Morgan fingerprint density at radius 2 is 2.09 bits per heavy atom. The second kappa shape index (κ2) is 7.73. The van der Waals surface area contributed by atoms with Crippen molar-refractivity contribution in [3.63, 3.8) is 0 Å². The number of hydrogen-bond donors (Lipinski definition) is 0. The zero-order chi connectivity index (χ0) is 17.0. The molecule has 6 heteroatoms. The third-order valence-electron chi connectivity index (χ3n) is 3.81. The van der Waals surface area contributed by atoms with Crippen molar-refractivity contribution >= 4 is 29.1 Å². The van der Waals surface area contributed by atoms with Crippen LogP contribution in [0.2, 0.25) is 0 Å². The van der Waals surface area contributed by atoms with Crippen molar-refractivity contribution in [3.05, 3.63) is 25.3 Å². The molecular formula is C17H24N2O3S. The number of rotatable bonds is 6. The van der Waals surface area contributed by atoms with Gasteiger partial charge < -0.3 is 4.74 Å². The van der Waals surface area contributed by atoms with E-state index in [0.29, 0.717) is 27.2 Å². The van der Waals surface area contributed by atoms with Gasteiger partial charge in [-0.2, -0.15) is 0 Å². The summed E-state index contributed by atoms with van der Waals surface area (Å²) in [6, 6.07) is -0.226. The number of esters is 1. The van der Waals surface area contributed by atoms with Crippen LogP contribution in [0.4, 0.5) is 0 Å². The zero-order valence-electron chi connectivity index (χ0n) is 14.2. The molecule has 0 aliphatic carbocycles. The first-order valence-corrected chi connectivity index (χ1v) is 9.04. The van der Waals surface area contributed by atoms with Crippen molar-refractivity contribution in [2.75, 3.05) is 6.61 Å². The summed E-state index contributed by atoms with van der Waals surface area (Å²) < 4.78 is 7.44. The molecule has 2 rings (SSSR count). The molecule has 0 N–H and O–H groups in total. The maximum Gasteiger partial charge on any atom is 0.337 e. The smallest absolute Gasteiger partial charge is 0.337 e. The van der Waals surface area contributed by atoms with Crippen molar-refractivity contribution in [2.24, 2.45) is 4.99 Å². The molecular weight excluding hydrogens is 312 g/mol. The summed E-state index contributed by atoms with van der Waals surface area (Å²) in [7, 11) is 0. The average molecular weight is 336 g/mol. The standard InChI is InChI=1S/C17H24N2O3S/c1-5-8-10-13-15(20)19-11(4)14(16(21)22-7-3)12(9-6-2)18-17(19)23-13/h10,12H,5-9H2,1-4H3/b13-10-/t12-/m1/s1. The Morgan fingerprint density at radius 3 is 2.70 bits per heavy atom. The summed E-state index contributed by atoms with van der Waals surface area (Å²) in [5, 5.41) is 0. The zero-order valence-corrected chi connectivity index (χ0v) is 15.0. The van der Waals surface area contributed by atoms with Gasteiger partial charge in [-0.25, -0.2) is 9.79 Å². The van der Waals surface area contributed by atoms with Crippen molar-refractivity contribution < 1.29 is 9.53 Å². The van der Waals surface area contributed by atoms with E-state index in [0.717, 1.165) is 25.7 Å². The quantitative estimate of drug-likeness (QED) is 0.747. The van der Waals surface area contributed by atoms with Crippen LogP contribution < -0.4 is 14.9 Å². The summed E-state index contributed by atoms with van der Waals surface area (Å²) in [5.74, 6) is -0.366. The summed E-state index contributed by atoms with van der Waals surface area (Å²) in [6.45, 7) is 8.04. The fourth-order valence-corrected chi connectivity index (χ4v) is 3.77. The number of unbranched alkanes of at least 4 members (excludes halogenated alkanes) is 1. The lowest BCUT2D eigenvalue weighted by atomic mass is 10.00. The molecule has 0 saturated carbocycles. The van der Waals surface area contributed by atoms with Gasteiger partial charge in [0.1, 0.15) is 0 Å². The Labute approximate surface area is 140 Å². The lowest BCUT2D eigenvalue weighted by Gasteiger charge is -2.21. The van der Waals surface area contributed by atoms with Gasteiger partial charge in [0, 0.05) is 5.70 Å². The van der Waals surface area contributed by atoms with E-state index >= 15 is 0 Å². The average Bonchev–Trinajstić information content (AvgIpc) is 2.82. The fourth-order valence-electron chi connectivity index (χ4n) is 2.70. The number of fused-ring (bicyclic) bond motifs is 1. The highest BCUT2D eigenvalue weighted by Gasteiger charge is 2.29. The van der Waals surface area contributed by atoms with E-state index in [1.165, 1.54) is 11.3 Å². The fraction of sp³-hybridized carbons (Fsp3) is 0.588. The Kier molecular flexibility index (Phi) is 5.93. The first kappa shape index (κ1) is 17.7. The molecule has 23 heavy (non-hydrogen) atoms. The molecule has 1 aromatic rings. The van der Waals surface area contributed by atoms with Crippen LogP contribution >= 0.6 is 11.3 Å². The summed E-state index contributed by atoms with van der Waals surface area (Å²) in [6.07, 6.45) is 5.49. The van der Waals surface area contributed by atoms with Crippen molar-refractivity contribution in [1.82, 2.24) is 4.57 Å². The molecule has 0 amide bonds. The van der Waals surface area contributed by atoms with Gasteiger partial charge in [-0.3, -0.25) is 9.36 Å². The number of allylic oxidation sites excluding steroid dienone is 1. The molecule has 0 radical (unpaired) electrons. The molecule has 126 valence electrons. The maximum atomic E-state index is 12.6. The van der Waals surface area contributed by atoms with Crippen molar-refractivity contribution in [1.29, 1.82) is 0 Å². The van der Waals surface area contributed by atoms with Gasteiger partial charge in [-0.05, 0) is 26.7 Å². The van der Waals surface area contributed by atoms with Gasteiger partial charge in [0.15, 0.2) is 4.80 Å². The highest BCUT2D eigenvalue weighted by molar-refractivity contribution is 7.07. The van der Waals surface area contributed by atoms with E-state index in [2.05, 4.69) is 18.8 Å². The Hall–Kier alpha value is -1.69. The molecule has 1 aliphatic rings. The molecule has 0 spiro atoms. The van der Waals surface area contributed by atoms with Crippen molar-refractivity contribution in [2.45, 2.75) is 59.4 Å². The normalized spacial score (nSPS) is 17.9. The third-order valence-corrected chi connectivity index (χ3v) is 4.84. The SMILES string of the molecule is CCC/C=c1\sc2n(c1=O)C(C)=C(C(=O)OCC)[C@@H](CCC)N=2. The lowest BCUT2D eigenvalue weighted by molar-refractivity contribution is -0.138. The first-order valence-electron chi connectivity index (χ1n) is 8.23. The van der Waals surface area contributed by atoms with Gasteiger partial charge in [0.25, 0.3) is 5.56 Å². The monoisotopic (exact) mass is 336 g/mol. The van der Waals surface area contributed by atoms with E-state index < -0.39 is 0 Å². The van der Waals surface area contributed by atoms with Crippen LogP contribution in [0.15, 0.2) is 15.4 Å². The number of ether oxygens (including phenoxy) is 1. The lowest BCUT2D eigenvalue weighted by Crippen LogP contribution is -2.37. The van der Waals surface area contributed by atoms with Crippen molar-refractivity contribution in [3.8, 4) is 0 Å². The highest BCUT2D eigenvalue weighted by atomic mass is 32.1. The van der Waals surface area contributed by atoms with Gasteiger partial charge in [0.05, 0.1) is 22.8 Å². The summed E-state index contributed by atoms with van der Waals surface area (Å²) in [4.78, 5) is 30.3. The van der Waals surface area contributed by atoms with Crippen LogP contribution in [0.25, 0.3) is 11.8 Å². The first-order chi connectivity index (χ1) is 11.0. The Bertz CT molecular complexity index is 786. The predicted molar refractivity (Wildman–Crippen MR) is 93.0 cm³/mol. The largest absolute Gasteiger partial charge is 0.463 e. The van der Waals surface area contributed by atoms with Gasteiger partial charge in [0.2, 0.25) is 0 Å². The van der Waals surface area contributed by atoms with Crippen LogP contribution in [0.3, 0.4) is 0 Å². The Morgan fingerprint density at radius 1 is 1.35 bits per heavy atom. The molecule has 2 heterocycles. The minimum Gasteiger partial charge on any atom is -0.463 e. The van der Waals surface area contributed by atoms with Crippen LogP contribution in [0, 0.1) is 0 Å². The molecule has 5 nitrogen and oxygen atoms in total. The predicted octanol–water partition coefficient (Wildman–Crippen LogP) is 2.09. The molecule has 0 saturated heterocycles. The molecule has 1 aromatic heterocycles. The summed E-state index contributed by atoms with van der Waals surface area (Å²) >= 11 is 1.40. The van der Waals surface area contributed by atoms with E-state index in [4.69, 9.17) is 4.74 Å². The van der Waals surface area contributed by atoms with E-state index in [-0.39, 0.29) is 17.6 Å². The number of carbonyl (C=O) groups is 1. The molecule has 0 bridgehead atoms. The van der Waals surface area contributed by atoms with Gasteiger partial charge >= 0.3 is 5.97 Å². The highest BCUT2D eigenvalue weighted by Crippen LogP contribution is 2.22. The molecule has 1 aliphatic heterocycles. The number of carbonyl (C=O) groups excluding carboxylic acids is 1. The topological polar surface area (TPSA) is 60.7 Å². The second-order valence-electron chi connectivity index (χ2n) is 5.54. The van der Waals surface area contributed by atoms with Crippen LogP contribution in [-0.2, 0) is 9.53 Å². The van der Waals surface area contributed by atoms with Gasteiger partial charge in [-0.15, -0.1) is 0 Å². The van der Waals surface area contributed by atoms with E-state index in [1.54, 1.807) is 11.5 Å². The molecule has 0 fully saturated rings. The van der Waals surface area contributed by atoms with Crippen LogP contribution in [-0.4, -0.2) is 23.2 Å². The minimum absolute atomic E-state index is 0.0866. The third kappa shape index (κ3) is 3.47. The molecule has 1 atom stereocenters. The van der Waals surface area contributed by atoms with Crippen LogP contribution in [0.1, 0.15) is 53.4 Å².